The Morgan fingerprint density at radius 2 is 1.82 bits per heavy atom. The number of methoxy groups -OCH3 is 1. The van der Waals surface area contributed by atoms with Gasteiger partial charge in [0, 0.05) is 17.7 Å². The summed E-state index contributed by atoms with van der Waals surface area (Å²) in [6.45, 7) is 0.659. The number of ether oxygens (including phenoxy) is 1. The van der Waals surface area contributed by atoms with E-state index in [4.69, 9.17) is 4.74 Å². The van der Waals surface area contributed by atoms with Crippen molar-refractivity contribution in [3.63, 3.8) is 0 Å². The summed E-state index contributed by atoms with van der Waals surface area (Å²) < 4.78 is 6.63. The molecule has 0 bridgehead atoms. The maximum atomic E-state index is 11.6. The van der Waals surface area contributed by atoms with E-state index in [2.05, 4.69) is 0 Å². The van der Waals surface area contributed by atoms with Crippen LogP contribution in [0.1, 0.15) is 16.1 Å². The van der Waals surface area contributed by atoms with Gasteiger partial charge in [-0.1, -0.05) is 30.3 Å². The first-order chi connectivity index (χ1) is 8.31. The van der Waals surface area contributed by atoms with Crippen molar-refractivity contribution in [2.24, 2.45) is 0 Å². The largest absolute Gasteiger partial charge is 0.461 e. The molecule has 0 atom stereocenters. The van der Waals surface area contributed by atoms with Gasteiger partial charge in [0.1, 0.15) is 0 Å². The minimum atomic E-state index is -0.318. The van der Waals surface area contributed by atoms with Crippen molar-refractivity contribution < 1.29 is 14.1 Å². The maximum Gasteiger partial charge on any atom is 0.403 e. The summed E-state index contributed by atoms with van der Waals surface area (Å²) in [5.41, 5.74) is 1.70. The highest BCUT2D eigenvalue weighted by Gasteiger charge is 2.18. The second-order valence-electron chi connectivity index (χ2n) is 3.69. The van der Waals surface area contributed by atoms with Gasteiger partial charge < -0.3 is 4.74 Å². The zero-order chi connectivity index (χ0) is 12.1. The molecular weight excluding hydrogens is 214 g/mol. The quantitative estimate of drug-likeness (QED) is 0.592. The summed E-state index contributed by atoms with van der Waals surface area (Å²) in [7, 11) is 1.39. The Morgan fingerprint density at radius 1 is 1.12 bits per heavy atom. The number of rotatable bonds is 3. The van der Waals surface area contributed by atoms with Gasteiger partial charge in [0.05, 0.1) is 7.11 Å². The summed E-state index contributed by atoms with van der Waals surface area (Å²) in [6, 6.07) is 15.5. The van der Waals surface area contributed by atoms with Gasteiger partial charge in [-0.25, -0.2) is 4.79 Å². The summed E-state index contributed by atoms with van der Waals surface area (Å²) >= 11 is 0. The van der Waals surface area contributed by atoms with Crippen molar-refractivity contribution in [1.29, 1.82) is 0 Å². The lowest BCUT2D eigenvalue weighted by Gasteiger charge is -2.02. The third-order valence-corrected chi connectivity index (χ3v) is 2.53. The second-order valence-corrected chi connectivity index (χ2v) is 3.69. The second kappa shape index (κ2) is 5.25. The van der Waals surface area contributed by atoms with Gasteiger partial charge in [-0.2, -0.15) is 4.57 Å². The molecule has 17 heavy (non-hydrogen) atoms. The molecule has 3 nitrogen and oxygen atoms in total. The smallest absolute Gasteiger partial charge is 0.403 e. The molecule has 0 saturated heterocycles. The average Bonchev–Trinajstić information content (AvgIpc) is 2.40. The van der Waals surface area contributed by atoms with Crippen LogP contribution in [0, 0.1) is 0 Å². The molecule has 0 aliphatic heterocycles. The molecule has 0 N–H and O–H groups in total. The molecule has 0 aliphatic carbocycles. The van der Waals surface area contributed by atoms with Crippen LogP contribution in [0.2, 0.25) is 0 Å². The molecule has 0 amide bonds. The first-order valence-corrected chi connectivity index (χ1v) is 5.42. The lowest BCUT2D eigenvalue weighted by atomic mass is 10.2. The molecule has 86 valence electrons. The first-order valence-electron chi connectivity index (χ1n) is 5.42. The zero-order valence-electron chi connectivity index (χ0n) is 9.67. The summed E-state index contributed by atoms with van der Waals surface area (Å²) in [5.74, 6) is -0.318. The van der Waals surface area contributed by atoms with Crippen LogP contribution in [0.4, 0.5) is 0 Å². The van der Waals surface area contributed by atoms with Gasteiger partial charge in [-0.15, -0.1) is 0 Å². The topological polar surface area (TPSA) is 30.2 Å². The molecule has 0 fully saturated rings. The molecule has 0 spiro atoms. The molecule has 1 aromatic heterocycles. The lowest BCUT2D eigenvalue weighted by molar-refractivity contribution is -0.690. The first kappa shape index (κ1) is 11.3. The van der Waals surface area contributed by atoms with E-state index in [9.17, 15) is 4.79 Å². The van der Waals surface area contributed by atoms with E-state index in [0.717, 1.165) is 5.56 Å². The van der Waals surface area contributed by atoms with Crippen LogP contribution < -0.4 is 4.57 Å². The number of carbonyl (C=O) groups excluding carboxylic acids is 1. The summed E-state index contributed by atoms with van der Waals surface area (Å²) in [6.07, 6.45) is 1.87. The molecule has 1 aromatic carbocycles. The average molecular weight is 228 g/mol. The van der Waals surface area contributed by atoms with Crippen molar-refractivity contribution >= 4 is 5.97 Å². The Hall–Kier alpha value is -2.16. The highest BCUT2D eigenvalue weighted by Crippen LogP contribution is 2.00. The van der Waals surface area contributed by atoms with Crippen LogP contribution in [0.3, 0.4) is 0 Å². The SMILES string of the molecule is COC(=O)c1cccc[n+]1Cc1ccccc1. The molecule has 0 unspecified atom stereocenters. The van der Waals surface area contributed by atoms with Crippen LogP contribution in [0.25, 0.3) is 0 Å². The fourth-order valence-electron chi connectivity index (χ4n) is 1.68. The van der Waals surface area contributed by atoms with Gasteiger partial charge in [-0.05, 0) is 6.07 Å². The number of nitrogens with zero attached hydrogens (tertiary/aromatic N) is 1. The van der Waals surface area contributed by atoms with E-state index < -0.39 is 0 Å². The van der Waals surface area contributed by atoms with Crippen LogP contribution in [-0.4, -0.2) is 13.1 Å². The van der Waals surface area contributed by atoms with Gasteiger partial charge in [0.2, 0.25) is 0 Å². The van der Waals surface area contributed by atoms with Gasteiger partial charge in [0.15, 0.2) is 12.7 Å². The van der Waals surface area contributed by atoms with E-state index in [-0.39, 0.29) is 5.97 Å². The summed E-state index contributed by atoms with van der Waals surface area (Å²) in [5, 5.41) is 0. The highest BCUT2D eigenvalue weighted by atomic mass is 16.5. The van der Waals surface area contributed by atoms with Gasteiger partial charge in [0.25, 0.3) is 5.69 Å². The Kier molecular flexibility index (Phi) is 3.50. The van der Waals surface area contributed by atoms with E-state index in [0.29, 0.717) is 12.2 Å². The van der Waals surface area contributed by atoms with E-state index in [1.54, 1.807) is 6.07 Å². The fourth-order valence-corrected chi connectivity index (χ4v) is 1.68. The third-order valence-electron chi connectivity index (χ3n) is 2.53. The Balaban J connectivity index is 2.30. The number of pyridine rings is 1. The summed E-state index contributed by atoms with van der Waals surface area (Å²) in [4.78, 5) is 11.6. The van der Waals surface area contributed by atoms with E-state index in [1.165, 1.54) is 7.11 Å². The molecule has 1 heterocycles. The van der Waals surface area contributed by atoms with E-state index >= 15 is 0 Å². The Bertz CT molecular complexity index is 509. The minimum absolute atomic E-state index is 0.318. The number of esters is 1. The molecule has 0 aliphatic rings. The Morgan fingerprint density at radius 3 is 2.53 bits per heavy atom. The van der Waals surface area contributed by atoms with Crippen LogP contribution in [0.5, 0.6) is 0 Å². The zero-order valence-corrected chi connectivity index (χ0v) is 9.67. The predicted octanol–water partition coefficient (Wildman–Crippen LogP) is 1.81. The predicted molar refractivity (Wildman–Crippen MR) is 63.5 cm³/mol. The minimum Gasteiger partial charge on any atom is -0.461 e. The van der Waals surface area contributed by atoms with Crippen molar-refractivity contribution in [3.05, 3.63) is 66.0 Å². The molecule has 2 rings (SSSR count). The van der Waals surface area contributed by atoms with Crippen molar-refractivity contribution in [2.45, 2.75) is 6.54 Å². The van der Waals surface area contributed by atoms with Crippen molar-refractivity contribution in [1.82, 2.24) is 0 Å². The maximum absolute atomic E-state index is 11.6. The Labute approximate surface area is 100 Å². The number of benzene rings is 1. The molecule has 2 aromatic rings. The normalized spacial score (nSPS) is 9.94. The molecule has 0 radical (unpaired) electrons. The third kappa shape index (κ3) is 2.69. The number of hydrogen-bond donors (Lipinski definition) is 0. The number of carbonyl (C=O) groups is 1. The van der Waals surface area contributed by atoms with Gasteiger partial charge in [-0.3, -0.25) is 0 Å². The van der Waals surface area contributed by atoms with Crippen molar-refractivity contribution in [3.8, 4) is 0 Å². The molecule has 0 saturated carbocycles. The number of hydrogen-bond acceptors (Lipinski definition) is 2. The van der Waals surface area contributed by atoms with Crippen LogP contribution in [0.15, 0.2) is 54.7 Å². The van der Waals surface area contributed by atoms with Crippen LogP contribution >= 0.6 is 0 Å². The lowest BCUT2D eigenvalue weighted by Crippen LogP contribution is -2.40. The van der Waals surface area contributed by atoms with Gasteiger partial charge >= 0.3 is 5.97 Å². The standard InChI is InChI=1S/C14H14NO2/c1-17-14(16)13-9-5-6-10-15(13)11-12-7-3-2-4-8-12/h2-10H,11H2,1H3/q+1. The molecular formula is C14H14NO2+. The van der Waals surface area contributed by atoms with E-state index in [1.807, 2.05) is 53.2 Å². The van der Waals surface area contributed by atoms with Crippen LogP contribution in [-0.2, 0) is 11.3 Å². The fraction of sp³-hybridized carbons (Fsp3) is 0.143. The molecule has 3 heteroatoms. The highest BCUT2D eigenvalue weighted by molar-refractivity contribution is 5.85. The van der Waals surface area contributed by atoms with Crippen molar-refractivity contribution in [2.75, 3.05) is 7.11 Å². The number of aromatic nitrogens is 1. The monoisotopic (exact) mass is 228 g/mol.